The van der Waals surface area contributed by atoms with Gasteiger partial charge in [0.25, 0.3) is 0 Å². The number of hydrogen-bond acceptors (Lipinski definition) is 3. The van der Waals surface area contributed by atoms with E-state index in [1.807, 2.05) is 0 Å². The molecule has 0 atom stereocenters. The van der Waals surface area contributed by atoms with Gasteiger partial charge in [-0.3, -0.25) is 0 Å². The van der Waals surface area contributed by atoms with Crippen molar-refractivity contribution in [3.05, 3.63) is 0 Å². The summed E-state index contributed by atoms with van der Waals surface area (Å²) < 4.78 is 0. The molecule has 96 valence electrons. The minimum absolute atomic E-state index is 0.0829. The SMILES string of the molecule is CCC(CC)(CO)CNC1CCC(N)CC1. The summed E-state index contributed by atoms with van der Waals surface area (Å²) >= 11 is 0. The highest BCUT2D eigenvalue weighted by Gasteiger charge is 2.27. The molecule has 0 aromatic heterocycles. The van der Waals surface area contributed by atoms with Gasteiger partial charge >= 0.3 is 0 Å². The van der Waals surface area contributed by atoms with Crippen LogP contribution in [0.3, 0.4) is 0 Å². The summed E-state index contributed by atoms with van der Waals surface area (Å²) in [7, 11) is 0. The van der Waals surface area contributed by atoms with Crippen LogP contribution in [0.5, 0.6) is 0 Å². The molecule has 3 nitrogen and oxygen atoms in total. The number of nitrogens with one attached hydrogen (secondary N) is 1. The molecule has 1 rings (SSSR count). The fourth-order valence-corrected chi connectivity index (χ4v) is 2.46. The smallest absolute Gasteiger partial charge is 0.0499 e. The van der Waals surface area contributed by atoms with Gasteiger partial charge in [0.05, 0.1) is 0 Å². The van der Waals surface area contributed by atoms with E-state index in [4.69, 9.17) is 5.73 Å². The Balaban J connectivity index is 2.32. The monoisotopic (exact) mass is 228 g/mol. The highest BCUT2D eigenvalue weighted by Crippen LogP contribution is 2.26. The Kier molecular flexibility index (Phi) is 5.73. The van der Waals surface area contributed by atoms with Gasteiger partial charge < -0.3 is 16.2 Å². The topological polar surface area (TPSA) is 58.3 Å². The molecule has 0 saturated heterocycles. The first-order valence-corrected chi connectivity index (χ1v) is 6.75. The molecule has 4 N–H and O–H groups in total. The molecule has 0 spiro atoms. The van der Waals surface area contributed by atoms with Crippen molar-refractivity contribution in [1.29, 1.82) is 0 Å². The molecule has 3 heteroatoms. The standard InChI is InChI=1S/C13H28N2O/c1-3-13(4-2,10-16)9-15-12-7-5-11(14)6-8-12/h11-12,15-16H,3-10,14H2,1-2H3. The fourth-order valence-electron chi connectivity index (χ4n) is 2.46. The predicted molar refractivity (Wildman–Crippen MR) is 68.3 cm³/mol. The number of rotatable bonds is 6. The van der Waals surface area contributed by atoms with Gasteiger partial charge in [-0.05, 0) is 38.5 Å². The Morgan fingerprint density at radius 2 is 1.75 bits per heavy atom. The van der Waals surface area contributed by atoms with Gasteiger partial charge in [-0.25, -0.2) is 0 Å². The van der Waals surface area contributed by atoms with Crippen molar-refractivity contribution in [1.82, 2.24) is 5.32 Å². The van der Waals surface area contributed by atoms with E-state index >= 15 is 0 Å². The second kappa shape index (κ2) is 6.58. The Hall–Kier alpha value is -0.120. The van der Waals surface area contributed by atoms with E-state index in [2.05, 4.69) is 19.2 Å². The normalized spacial score (nSPS) is 27.0. The lowest BCUT2D eigenvalue weighted by Gasteiger charge is -2.34. The van der Waals surface area contributed by atoms with Gasteiger partial charge in [-0.2, -0.15) is 0 Å². The number of aliphatic hydroxyl groups is 1. The summed E-state index contributed by atoms with van der Waals surface area (Å²) in [5.74, 6) is 0. The van der Waals surface area contributed by atoms with Crippen LogP contribution >= 0.6 is 0 Å². The summed E-state index contributed by atoms with van der Waals surface area (Å²) in [4.78, 5) is 0. The molecule has 0 radical (unpaired) electrons. The summed E-state index contributed by atoms with van der Waals surface area (Å²) in [6.07, 6.45) is 6.74. The maximum absolute atomic E-state index is 9.49. The maximum atomic E-state index is 9.49. The van der Waals surface area contributed by atoms with Crippen LogP contribution in [0.4, 0.5) is 0 Å². The Bertz CT molecular complexity index is 176. The molecule has 0 bridgehead atoms. The number of nitrogens with two attached hydrogens (primary N) is 1. The van der Waals surface area contributed by atoms with Gasteiger partial charge in [0.15, 0.2) is 0 Å². The van der Waals surface area contributed by atoms with Crippen molar-refractivity contribution in [3.63, 3.8) is 0 Å². The maximum Gasteiger partial charge on any atom is 0.0499 e. The van der Waals surface area contributed by atoms with Gasteiger partial charge in [0, 0.05) is 30.7 Å². The molecule has 0 aromatic carbocycles. The molecule has 1 aliphatic carbocycles. The second-order valence-electron chi connectivity index (χ2n) is 5.36. The van der Waals surface area contributed by atoms with Crippen LogP contribution in [0.15, 0.2) is 0 Å². The van der Waals surface area contributed by atoms with Crippen LogP contribution in [0, 0.1) is 5.41 Å². The highest BCUT2D eigenvalue weighted by atomic mass is 16.3. The van der Waals surface area contributed by atoms with Crippen LogP contribution in [0.1, 0.15) is 52.4 Å². The van der Waals surface area contributed by atoms with Crippen LogP contribution in [-0.4, -0.2) is 30.3 Å². The zero-order chi connectivity index (χ0) is 12.0. The average molecular weight is 228 g/mol. The largest absolute Gasteiger partial charge is 0.396 e. The molecule has 0 aromatic rings. The van der Waals surface area contributed by atoms with E-state index in [0.717, 1.165) is 32.2 Å². The number of aliphatic hydroxyl groups excluding tert-OH is 1. The highest BCUT2D eigenvalue weighted by molar-refractivity contribution is 4.83. The molecule has 1 saturated carbocycles. The molecule has 1 fully saturated rings. The summed E-state index contributed by atoms with van der Waals surface area (Å²) in [6.45, 7) is 5.56. The van der Waals surface area contributed by atoms with E-state index in [9.17, 15) is 5.11 Å². The fraction of sp³-hybridized carbons (Fsp3) is 1.00. The van der Waals surface area contributed by atoms with E-state index in [0.29, 0.717) is 18.7 Å². The van der Waals surface area contributed by atoms with E-state index in [-0.39, 0.29) is 5.41 Å². The van der Waals surface area contributed by atoms with Crippen LogP contribution in [-0.2, 0) is 0 Å². The minimum Gasteiger partial charge on any atom is -0.396 e. The first-order valence-electron chi connectivity index (χ1n) is 6.75. The van der Waals surface area contributed by atoms with Gasteiger partial charge in [0.2, 0.25) is 0 Å². The van der Waals surface area contributed by atoms with E-state index in [1.54, 1.807) is 0 Å². The molecule has 0 aliphatic heterocycles. The van der Waals surface area contributed by atoms with E-state index < -0.39 is 0 Å². The van der Waals surface area contributed by atoms with Crippen molar-refractivity contribution in [2.45, 2.75) is 64.5 Å². The molecular formula is C13H28N2O. The third-order valence-corrected chi connectivity index (χ3v) is 4.37. The summed E-state index contributed by atoms with van der Waals surface area (Å²) in [5, 5.41) is 13.1. The van der Waals surface area contributed by atoms with Gasteiger partial charge in [-0.15, -0.1) is 0 Å². The molecule has 0 heterocycles. The van der Waals surface area contributed by atoms with Gasteiger partial charge in [0.1, 0.15) is 0 Å². The zero-order valence-corrected chi connectivity index (χ0v) is 10.8. The molecule has 1 aliphatic rings. The number of hydrogen-bond donors (Lipinski definition) is 3. The van der Waals surface area contributed by atoms with Gasteiger partial charge in [-0.1, -0.05) is 13.8 Å². The molecule has 0 unspecified atom stereocenters. The van der Waals surface area contributed by atoms with Crippen LogP contribution in [0.2, 0.25) is 0 Å². The molecule has 16 heavy (non-hydrogen) atoms. The van der Waals surface area contributed by atoms with Crippen LogP contribution in [0.25, 0.3) is 0 Å². The van der Waals surface area contributed by atoms with Crippen molar-refractivity contribution in [3.8, 4) is 0 Å². The summed E-state index contributed by atoms with van der Waals surface area (Å²) in [6, 6.07) is 1.03. The third kappa shape index (κ3) is 3.72. The van der Waals surface area contributed by atoms with Crippen molar-refractivity contribution in [2.75, 3.05) is 13.2 Å². The average Bonchev–Trinajstić information content (AvgIpc) is 2.34. The predicted octanol–water partition coefficient (Wildman–Crippen LogP) is 1.64. The minimum atomic E-state index is 0.0829. The Labute approximate surface area is 99.8 Å². The van der Waals surface area contributed by atoms with Crippen LogP contribution < -0.4 is 11.1 Å². The first-order chi connectivity index (χ1) is 7.65. The zero-order valence-electron chi connectivity index (χ0n) is 10.8. The Morgan fingerprint density at radius 1 is 1.19 bits per heavy atom. The molecule has 0 amide bonds. The lowest BCUT2D eigenvalue weighted by molar-refractivity contribution is 0.107. The summed E-state index contributed by atoms with van der Waals surface area (Å²) in [5.41, 5.74) is 5.97. The van der Waals surface area contributed by atoms with Crippen molar-refractivity contribution in [2.24, 2.45) is 11.1 Å². The first kappa shape index (κ1) is 13.9. The van der Waals surface area contributed by atoms with Crippen molar-refractivity contribution >= 4 is 0 Å². The molecular weight excluding hydrogens is 200 g/mol. The quantitative estimate of drug-likeness (QED) is 0.648. The lowest BCUT2D eigenvalue weighted by atomic mass is 9.82. The second-order valence-corrected chi connectivity index (χ2v) is 5.36. The Morgan fingerprint density at radius 3 is 2.19 bits per heavy atom. The van der Waals surface area contributed by atoms with E-state index in [1.165, 1.54) is 12.8 Å². The third-order valence-electron chi connectivity index (χ3n) is 4.37. The van der Waals surface area contributed by atoms with Crippen molar-refractivity contribution < 1.29 is 5.11 Å². The lowest BCUT2D eigenvalue weighted by Crippen LogP contribution is -2.44.